The number of nitrogens with zero attached hydrogens (tertiary/aromatic N) is 2. The Balaban J connectivity index is 1.91. The minimum atomic E-state index is -1.04. The molecule has 0 amide bonds. The lowest BCUT2D eigenvalue weighted by molar-refractivity contribution is -0.384. The molecule has 0 unspecified atom stereocenters. The molecule has 3 rings (SSSR count). The van der Waals surface area contributed by atoms with Gasteiger partial charge in [0, 0.05) is 25.2 Å². The van der Waals surface area contributed by atoms with Crippen LogP contribution in [0.4, 0.5) is 11.4 Å². The first-order valence-electron chi connectivity index (χ1n) is 6.77. The fraction of sp³-hybridized carbons (Fsp3) is 0.500. The normalized spacial score (nSPS) is 19.9. The summed E-state index contributed by atoms with van der Waals surface area (Å²) in [6.07, 6.45) is 4.63. The van der Waals surface area contributed by atoms with E-state index in [4.69, 9.17) is 0 Å². The van der Waals surface area contributed by atoms with Gasteiger partial charge in [-0.2, -0.15) is 0 Å². The van der Waals surface area contributed by atoms with Gasteiger partial charge >= 0.3 is 5.97 Å². The third kappa shape index (κ3) is 2.21. The van der Waals surface area contributed by atoms with E-state index in [9.17, 15) is 20.0 Å². The maximum Gasteiger partial charge on any atom is 0.337 e. The van der Waals surface area contributed by atoms with Crippen LogP contribution in [0.3, 0.4) is 0 Å². The summed E-state index contributed by atoms with van der Waals surface area (Å²) in [7, 11) is 0. The third-order valence-electron chi connectivity index (χ3n) is 4.54. The molecule has 0 atom stereocenters. The van der Waals surface area contributed by atoms with Gasteiger partial charge in [0.2, 0.25) is 0 Å². The van der Waals surface area contributed by atoms with Gasteiger partial charge < -0.3 is 10.0 Å². The van der Waals surface area contributed by atoms with Crippen LogP contribution in [-0.2, 0) is 0 Å². The fourth-order valence-corrected chi connectivity index (χ4v) is 2.97. The largest absolute Gasteiger partial charge is 0.478 e. The summed E-state index contributed by atoms with van der Waals surface area (Å²) < 4.78 is 0. The Bertz CT molecular complexity index is 571. The lowest BCUT2D eigenvalue weighted by Gasteiger charge is -2.34. The number of piperidine rings is 1. The smallest absolute Gasteiger partial charge is 0.337 e. The zero-order valence-electron chi connectivity index (χ0n) is 11.0. The van der Waals surface area contributed by atoms with E-state index >= 15 is 0 Å². The number of non-ortho nitro benzene ring substituents is 1. The van der Waals surface area contributed by atoms with Crippen LogP contribution in [-0.4, -0.2) is 29.1 Å². The molecule has 1 aliphatic carbocycles. The zero-order chi connectivity index (χ0) is 14.3. The molecule has 1 spiro atoms. The van der Waals surface area contributed by atoms with Crippen LogP contribution in [0.15, 0.2) is 18.2 Å². The molecule has 20 heavy (non-hydrogen) atoms. The summed E-state index contributed by atoms with van der Waals surface area (Å²) in [5, 5.41) is 20.1. The molecule has 2 fully saturated rings. The number of carboxylic acids is 1. The molecular weight excluding hydrogens is 260 g/mol. The average molecular weight is 276 g/mol. The molecule has 106 valence electrons. The van der Waals surface area contributed by atoms with Crippen molar-refractivity contribution in [1.29, 1.82) is 0 Å². The summed E-state index contributed by atoms with van der Waals surface area (Å²) in [4.78, 5) is 23.6. The molecule has 0 aromatic heterocycles. The molecule has 1 saturated heterocycles. The fourth-order valence-electron chi connectivity index (χ4n) is 2.97. The highest BCUT2D eigenvalue weighted by atomic mass is 16.6. The van der Waals surface area contributed by atoms with E-state index < -0.39 is 10.9 Å². The van der Waals surface area contributed by atoms with Gasteiger partial charge in [0.25, 0.3) is 5.69 Å². The monoisotopic (exact) mass is 276 g/mol. The molecule has 0 bridgehead atoms. The molecule has 1 N–H and O–H groups in total. The van der Waals surface area contributed by atoms with Gasteiger partial charge in [-0.1, -0.05) is 0 Å². The molecule has 2 aliphatic rings. The van der Waals surface area contributed by atoms with Crippen LogP contribution >= 0.6 is 0 Å². The lowest BCUT2D eigenvalue weighted by Crippen LogP contribution is -2.35. The van der Waals surface area contributed by atoms with Crippen LogP contribution in [0.5, 0.6) is 0 Å². The molecule has 1 saturated carbocycles. The number of aromatic carboxylic acids is 1. The Labute approximate surface area is 116 Å². The molecule has 6 heteroatoms. The van der Waals surface area contributed by atoms with Crippen molar-refractivity contribution in [3.8, 4) is 0 Å². The third-order valence-corrected chi connectivity index (χ3v) is 4.54. The second kappa shape index (κ2) is 4.47. The van der Waals surface area contributed by atoms with Crippen molar-refractivity contribution >= 4 is 17.3 Å². The van der Waals surface area contributed by atoms with E-state index in [0.717, 1.165) is 25.9 Å². The summed E-state index contributed by atoms with van der Waals surface area (Å²) >= 11 is 0. The van der Waals surface area contributed by atoms with Gasteiger partial charge in [-0.3, -0.25) is 10.1 Å². The van der Waals surface area contributed by atoms with Gasteiger partial charge in [0.05, 0.1) is 16.2 Å². The maximum atomic E-state index is 11.3. The molecule has 0 radical (unpaired) electrons. The summed E-state index contributed by atoms with van der Waals surface area (Å²) in [5.41, 5.74) is 1.04. The summed E-state index contributed by atoms with van der Waals surface area (Å²) in [5.74, 6) is -1.04. The molecule has 1 heterocycles. The highest BCUT2D eigenvalue weighted by Crippen LogP contribution is 2.54. The highest BCUT2D eigenvalue weighted by molar-refractivity contribution is 5.95. The highest BCUT2D eigenvalue weighted by Gasteiger charge is 2.44. The predicted octanol–water partition coefficient (Wildman–Crippen LogP) is 2.67. The van der Waals surface area contributed by atoms with Crippen molar-refractivity contribution in [2.75, 3.05) is 18.0 Å². The van der Waals surface area contributed by atoms with Crippen LogP contribution in [0.1, 0.15) is 36.0 Å². The molecular formula is C14H16N2O4. The van der Waals surface area contributed by atoms with Crippen LogP contribution in [0, 0.1) is 15.5 Å². The number of hydrogen-bond donors (Lipinski definition) is 1. The van der Waals surface area contributed by atoms with E-state index in [-0.39, 0.29) is 11.3 Å². The van der Waals surface area contributed by atoms with Crippen LogP contribution in [0.25, 0.3) is 0 Å². The SMILES string of the molecule is O=C(O)c1ccc([N+](=O)[O-])cc1N1CCC2(CC1)CC2. The first kappa shape index (κ1) is 12.9. The van der Waals surface area contributed by atoms with Crippen molar-refractivity contribution in [2.24, 2.45) is 5.41 Å². The van der Waals surface area contributed by atoms with E-state index in [1.807, 2.05) is 4.90 Å². The average Bonchev–Trinajstić information content (AvgIpc) is 3.18. The van der Waals surface area contributed by atoms with Crippen molar-refractivity contribution in [1.82, 2.24) is 0 Å². The minimum Gasteiger partial charge on any atom is -0.478 e. The molecule has 1 aromatic carbocycles. The Kier molecular flexibility index (Phi) is 2.88. The first-order chi connectivity index (χ1) is 9.51. The van der Waals surface area contributed by atoms with Gasteiger partial charge in [-0.25, -0.2) is 4.79 Å². The Morgan fingerprint density at radius 3 is 2.40 bits per heavy atom. The van der Waals surface area contributed by atoms with E-state index in [0.29, 0.717) is 11.1 Å². The van der Waals surface area contributed by atoms with Gasteiger partial charge in [0.1, 0.15) is 0 Å². The van der Waals surface area contributed by atoms with Crippen LogP contribution in [0.2, 0.25) is 0 Å². The second-order valence-electron chi connectivity index (χ2n) is 5.75. The number of benzene rings is 1. The standard InChI is InChI=1S/C14H16N2O4/c17-13(18)11-2-1-10(16(19)20)9-12(11)15-7-5-14(3-4-14)6-8-15/h1-2,9H,3-8H2,(H,17,18). The minimum absolute atomic E-state index is 0.0586. The van der Waals surface area contributed by atoms with Crippen LogP contribution < -0.4 is 4.90 Å². The summed E-state index contributed by atoms with van der Waals surface area (Å²) in [6.45, 7) is 1.56. The number of anilines is 1. The van der Waals surface area contributed by atoms with E-state index in [2.05, 4.69) is 0 Å². The second-order valence-corrected chi connectivity index (χ2v) is 5.75. The number of carboxylic acid groups (broad SMARTS) is 1. The summed E-state index contributed by atoms with van der Waals surface area (Å²) in [6, 6.07) is 3.96. The topological polar surface area (TPSA) is 83.7 Å². The number of nitro benzene ring substituents is 1. The van der Waals surface area contributed by atoms with Gasteiger partial charge in [0.15, 0.2) is 0 Å². The van der Waals surface area contributed by atoms with Gasteiger partial charge in [-0.05, 0) is 37.2 Å². The lowest BCUT2D eigenvalue weighted by atomic mass is 9.93. The number of hydrogen-bond acceptors (Lipinski definition) is 4. The Morgan fingerprint density at radius 1 is 1.25 bits per heavy atom. The number of nitro groups is 1. The van der Waals surface area contributed by atoms with Crippen molar-refractivity contribution < 1.29 is 14.8 Å². The molecule has 1 aromatic rings. The van der Waals surface area contributed by atoms with E-state index in [1.54, 1.807) is 0 Å². The van der Waals surface area contributed by atoms with E-state index in [1.165, 1.54) is 31.0 Å². The predicted molar refractivity (Wildman–Crippen MR) is 73.2 cm³/mol. The van der Waals surface area contributed by atoms with Crippen molar-refractivity contribution in [2.45, 2.75) is 25.7 Å². The Hall–Kier alpha value is -2.11. The zero-order valence-corrected chi connectivity index (χ0v) is 11.0. The number of carbonyl (C=O) groups is 1. The van der Waals surface area contributed by atoms with Crippen molar-refractivity contribution in [3.63, 3.8) is 0 Å². The number of rotatable bonds is 3. The molecule has 6 nitrogen and oxygen atoms in total. The maximum absolute atomic E-state index is 11.3. The molecule has 1 aliphatic heterocycles. The quantitative estimate of drug-likeness (QED) is 0.677. The Morgan fingerprint density at radius 2 is 1.90 bits per heavy atom. The first-order valence-corrected chi connectivity index (χ1v) is 6.77. The van der Waals surface area contributed by atoms with Crippen molar-refractivity contribution in [3.05, 3.63) is 33.9 Å². The van der Waals surface area contributed by atoms with Gasteiger partial charge in [-0.15, -0.1) is 0 Å².